The molecule has 0 aliphatic rings. The third-order valence-electron chi connectivity index (χ3n) is 2.45. The summed E-state index contributed by atoms with van der Waals surface area (Å²) in [7, 11) is 0. The number of hydrogen-bond acceptors (Lipinski definition) is 3. The molecule has 0 aliphatic heterocycles. The Labute approximate surface area is 95.7 Å². The number of ether oxygens (including phenoxy) is 1. The Morgan fingerprint density at radius 2 is 2.12 bits per heavy atom. The summed E-state index contributed by atoms with van der Waals surface area (Å²) in [5.41, 5.74) is 7.81. The molecule has 0 heterocycles. The predicted molar refractivity (Wildman–Crippen MR) is 64.1 cm³/mol. The molecule has 88 valence electrons. The molecule has 1 aromatic rings. The minimum atomic E-state index is 0.240. The molecule has 0 amide bonds. The molecular weight excluding hydrogens is 204 g/mol. The number of nitrogens with zero attached hydrogens (tertiary/aromatic N) is 1. The minimum absolute atomic E-state index is 0.240. The molecule has 3 N–H and O–H groups in total. The predicted octanol–water partition coefficient (Wildman–Crippen LogP) is 2.21. The summed E-state index contributed by atoms with van der Waals surface area (Å²) < 4.78 is 5.54. The maximum Gasteiger partial charge on any atom is 0.139 e. The van der Waals surface area contributed by atoms with Gasteiger partial charge in [-0.15, -0.1) is 0 Å². The summed E-state index contributed by atoms with van der Waals surface area (Å²) in [5, 5.41) is 11.2. The van der Waals surface area contributed by atoms with Gasteiger partial charge in [-0.2, -0.15) is 0 Å². The molecule has 0 saturated heterocycles. The normalized spacial score (nSPS) is 11.5. The van der Waals surface area contributed by atoms with Crippen LogP contribution in [0.1, 0.15) is 24.0 Å². The Kier molecular flexibility index (Phi) is 4.64. The van der Waals surface area contributed by atoms with E-state index in [1.165, 1.54) is 11.1 Å². The van der Waals surface area contributed by atoms with Crippen molar-refractivity contribution in [2.45, 2.75) is 26.7 Å². The molecule has 0 aromatic heterocycles. The molecule has 0 aliphatic carbocycles. The second-order valence-electron chi connectivity index (χ2n) is 3.79. The maximum atomic E-state index is 8.34. The van der Waals surface area contributed by atoms with E-state index in [-0.39, 0.29) is 5.84 Å². The van der Waals surface area contributed by atoms with E-state index in [4.69, 9.17) is 15.7 Å². The van der Waals surface area contributed by atoms with E-state index in [1.54, 1.807) is 0 Å². The standard InChI is InChI=1S/C12H18N2O2/c1-9-5-6-11(8-10(9)2)16-7-3-4-12(13)14-15/h5-6,8,15H,3-4,7H2,1-2H3,(H2,13,14). The first-order valence-electron chi connectivity index (χ1n) is 5.30. The van der Waals surface area contributed by atoms with E-state index in [9.17, 15) is 0 Å². The SMILES string of the molecule is Cc1ccc(OCCC/C(N)=N/O)cc1C. The highest BCUT2D eigenvalue weighted by atomic mass is 16.5. The fraction of sp³-hybridized carbons (Fsp3) is 0.417. The van der Waals surface area contributed by atoms with Crippen LogP contribution in [0.2, 0.25) is 0 Å². The molecule has 1 rings (SSSR count). The zero-order valence-corrected chi connectivity index (χ0v) is 9.73. The van der Waals surface area contributed by atoms with E-state index >= 15 is 0 Å². The van der Waals surface area contributed by atoms with Crippen molar-refractivity contribution in [3.8, 4) is 5.75 Å². The van der Waals surface area contributed by atoms with Crippen LogP contribution in [-0.4, -0.2) is 17.6 Å². The minimum Gasteiger partial charge on any atom is -0.494 e. The van der Waals surface area contributed by atoms with Crippen LogP contribution in [0.25, 0.3) is 0 Å². The maximum absolute atomic E-state index is 8.34. The number of benzene rings is 1. The van der Waals surface area contributed by atoms with Gasteiger partial charge in [-0.1, -0.05) is 11.2 Å². The van der Waals surface area contributed by atoms with Gasteiger partial charge in [0.15, 0.2) is 0 Å². The number of hydrogen-bond donors (Lipinski definition) is 2. The van der Waals surface area contributed by atoms with Gasteiger partial charge in [-0.3, -0.25) is 0 Å². The van der Waals surface area contributed by atoms with Crippen molar-refractivity contribution < 1.29 is 9.94 Å². The fourth-order valence-corrected chi connectivity index (χ4v) is 1.30. The monoisotopic (exact) mass is 222 g/mol. The topological polar surface area (TPSA) is 67.8 Å². The summed E-state index contributed by atoms with van der Waals surface area (Å²) in [4.78, 5) is 0. The van der Waals surface area contributed by atoms with Gasteiger partial charge in [-0.25, -0.2) is 0 Å². The van der Waals surface area contributed by atoms with Crippen molar-refractivity contribution in [1.82, 2.24) is 0 Å². The quantitative estimate of drug-likeness (QED) is 0.264. The van der Waals surface area contributed by atoms with Crippen LogP contribution < -0.4 is 10.5 Å². The van der Waals surface area contributed by atoms with E-state index < -0.39 is 0 Å². The lowest BCUT2D eigenvalue weighted by Gasteiger charge is -2.07. The lowest BCUT2D eigenvalue weighted by atomic mass is 10.1. The third kappa shape index (κ3) is 3.81. The van der Waals surface area contributed by atoms with Crippen molar-refractivity contribution in [3.63, 3.8) is 0 Å². The molecule has 0 bridgehead atoms. The molecule has 4 heteroatoms. The Hall–Kier alpha value is -1.71. The van der Waals surface area contributed by atoms with Gasteiger partial charge in [0.1, 0.15) is 11.6 Å². The van der Waals surface area contributed by atoms with Crippen molar-refractivity contribution in [2.24, 2.45) is 10.9 Å². The smallest absolute Gasteiger partial charge is 0.139 e. The van der Waals surface area contributed by atoms with Gasteiger partial charge < -0.3 is 15.7 Å². The average molecular weight is 222 g/mol. The van der Waals surface area contributed by atoms with Crippen molar-refractivity contribution in [2.75, 3.05) is 6.61 Å². The fourth-order valence-electron chi connectivity index (χ4n) is 1.30. The zero-order valence-electron chi connectivity index (χ0n) is 9.73. The van der Waals surface area contributed by atoms with Crippen LogP contribution in [0.15, 0.2) is 23.4 Å². The van der Waals surface area contributed by atoms with E-state index in [0.717, 1.165) is 12.2 Å². The first kappa shape index (κ1) is 12.4. The molecule has 4 nitrogen and oxygen atoms in total. The molecular formula is C12H18N2O2. The van der Waals surface area contributed by atoms with E-state index in [2.05, 4.69) is 19.0 Å². The van der Waals surface area contributed by atoms with Crippen LogP contribution in [0.4, 0.5) is 0 Å². The Morgan fingerprint density at radius 1 is 1.38 bits per heavy atom. The highest BCUT2D eigenvalue weighted by Crippen LogP contribution is 2.16. The first-order chi connectivity index (χ1) is 7.63. The van der Waals surface area contributed by atoms with E-state index in [0.29, 0.717) is 13.0 Å². The summed E-state index contributed by atoms with van der Waals surface area (Å²) in [6.45, 7) is 4.69. The summed E-state index contributed by atoms with van der Waals surface area (Å²) >= 11 is 0. The van der Waals surface area contributed by atoms with Gasteiger partial charge >= 0.3 is 0 Å². The molecule has 16 heavy (non-hydrogen) atoms. The molecule has 0 fully saturated rings. The number of oxime groups is 1. The highest BCUT2D eigenvalue weighted by molar-refractivity contribution is 5.79. The third-order valence-corrected chi connectivity index (χ3v) is 2.45. The van der Waals surface area contributed by atoms with Crippen LogP contribution in [0.3, 0.4) is 0 Å². The van der Waals surface area contributed by atoms with Crippen LogP contribution >= 0.6 is 0 Å². The van der Waals surface area contributed by atoms with Gasteiger partial charge in [0, 0.05) is 6.42 Å². The van der Waals surface area contributed by atoms with Crippen LogP contribution in [0, 0.1) is 13.8 Å². The molecule has 0 spiro atoms. The average Bonchev–Trinajstić information content (AvgIpc) is 2.28. The summed E-state index contributed by atoms with van der Waals surface area (Å²) in [5.74, 6) is 1.10. The lowest BCUT2D eigenvalue weighted by molar-refractivity contribution is 0.305. The van der Waals surface area contributed by atoms with Gasteiger partial charge in [0.2, 0.25) is 0 Å². The molecule has 0 radical (unpaired) electrons. The Bertz CT molecular complexity index is 375. The van der Waals surface area contributed by atoms with Crippen LogP contribution in [0.5, 0.6) is 5.75 Å². The molecule has 0 unspecified atom stereocenters. The van der Waals surface area contributed by atoms with Crippen molar-refractivity contribution in [1.29, 1.82) is 0 Å². The Balaban J connectivity index is 2.35. The van der Waals surface area contributed by atoms with Crippen molar-refractivity contribution >= 4 is 5.84 Å². The van der Waals surface area contributed by atoms with Gasteiger partial charge in [0.25, 0.3) is 0 Å². The second-order valence-corrected chi connectivity index (χ2v) is 3.79. The van der Waals surface area contributed by atoms with Crippen LogP contribution in [-0.2, 0) is 0 Å². The van der Waals surface area contributed by atoms with Gasteiger partial charge in [-0.05, 0) is 43.5 Å². The summed E-state index contributed by atoms with van der Waals surface area (Å²) in [6.07, 6.45) is 1.28. The number of aryl methyl sites for hydroxylation is 2. The largest absolute Gasteiger partial charge is 0.494 e. The molecule has 0 saturated carbocycles. The molecule has 0 atom stereocenters. The Morgan fingerprint density at radius 3 is 2.75 bits per heavy atom. The van der Waals surface area contributed by atoms with Crippen molar-refractivity contribution in [3.05, 3.63) is 29.3 Å². The summed E-state index contributed by atoms with van der Waals surface area (Å²) in [6, 6.07) is 6.00. The zero-order chi connectivity index (χ0) is 12.0. The molecule has 1 aromatic carbocycles. The first-order valence-corrected chi connectivity index (χ1v) is 5.30. The number of amidine groups is 1. The second kappa shape index (κ2) is 6.00. The highest BCUT2D eigenvalue weighted by Gasteiger charge is 1.98. The van der Waals surface area contributed by atoms with Gasteiger partial charge in [0.05, 0.1) is 6.61 Å². The lowest BCUT2D eigenvalue weighted by Crippen LogP contribution is -2.12. The van der Waals surface area contributed by atoms with E-state index in [1.807, 2.05) is 18.2 Å². The number of nitrogens with two attached hydrogens (primary N) is 1. The number of rotatable bonds is 5.